The lowest BCUT2D eigenvalue weighted by atomic mass is 10.2. The molecule has 2 aromatic heterocycles. The SMILES string of the molecule is CN(C)c1ccc(CNC(=O)c2nc(N3CCCC3)c3oc4ccccc4c3n2)cc1. The fourth-order valence-corrected chi connectivity index (χ4v) is 3.99. The molecule has 4 aromatic rings. The number of para-hydroxylation sites is 1. The first kappa shape index (κ1) is 19.4. The van der Waals surface area contributed by atoms with Gasteiger partial charge in [-0.1, -0.05) is 24.3 Å². The van der Waals surface area contributed by atoms with Crippen LogP contribution in [-0.4, -0.2) is 43.1 Å². The number of amides is 1. The van der Waals surface area contributed by atoms with Gasteiger partial charge in [0, 0.05) is 44.8 Å². The maximum Gasteiger partial charge on any atom is 0.289 e. The largest absolute Gasteiger partial charge is 0.450 e. The molecular weight excluding hydrogens is 390 g/mol. The first-order valence-corrected chi connectivity index (χ1v) is 10.6. The van der Waals surface area contributed by atoms with Crippen LogP contribution >= 0.6 is 0 Å². The van der Waals surface area contributed by atoms with Crippen molar-refractivity contribution < 1.29 is 9.21 Å². The molecule has 0 aliphatic carbocycles. The highest BCUT2D eigenvalue weighted by atomic mass is 16.3. The molecule has 0 spiro atoms. The van der Waals surface area contributed by atoms with Gasteiger partial charge in [-0.2, -0.15) is 0 Å². The summed E-state index contributed by atoms with van der Waals surface area (Å²) < 4.78 is 6.09. The molecule has 0 saturated carbocycles. The normalized spacial score (nSPS) is 13.8. The lowest BCUT2D eigenvalue weighted by molar-refractivity contribution is 0.0941. The Bertz CT molecular complexity index is 1240. The van der Waals surface area contributed by atoms with E-state index in [2.05, 4.69) is 20.2 Å². The maximum absolute atomic E-state index is 13.0. The number of nitrogens with zero attached hydrogens (tertiary/aromatic N) is 4. The number of furan rings is 1. The van der Waals surface area contributed by atoms with E-state index in [4.69, 9.17) is 4.42 Å². The average Bonchev–Trinajstić information content (AvgIpc) is 3.45. The van der Waals surface area contributed by atoms with E-state index in [1.165, 1.54) is 0 Å². The number of hydrogen-bond acceptors (Lipinski definition) is 6. The van der Waals surface area contributed by atoms with Crippen molar-refractivity contribution in [3.8, 4) is 0 Å². The Hall–Kier alpha value is -3.61. The Labute approximate surface area is 180 Å². The molecule has 0 radical (unpaired) electrons. The van der Waals surface area contributed by atoms with E-state index in [1.807, 2.05) is 67.5 Å². The molecule has 0 bridgehead atoms. The summed E-state index contributed by atoms with van der Waals surface area (Å²) in [6.45, 7) is 2.23. The number of anilines is 2. The van der Waals surface area contributed by atoms with E-state index in [0.717, 1.165) is 48.2 Å². The van der Waals surface area contributed by atoms with Crippen LogP contribution in [-0.2, 0) is 6.54 Å². The van der Waals surface area contributed by atoms with Gasteiger partial charge in [0.2, 0.25) is 5.82 Å². The molecule has 0 unspecified atom stereocenters. The lowest BCUT2D eigenvalue weighted by Crippen LogP contribution is -2.27. The van der Waals surface area contributed by atoms with Gasteiger partial charge in [0.25, 0.3) is 5.91 Å². The van der Waals surface area contributed by atoms with Gasteiger partial charge >= 0.3 is 0 Å². The molecule has 2 aromatic carbocycles. The van der Waals surface area contributed by atoms with Crippen LogP contribution < -0.4 is 15.1 Å². The molecular formula is C24H25N5O2. The summed E-state index contributed by atoms with van der Waals surface area (Å²) in [4.78, 5) is 26.4. The second-order valence-corrected chi connectivity index (χ2v) is 8.08. The van der Waals surface area contributed by atoms with Crippen molar-refractivity contribution in [1.29, 1.82) is 0 Å². The number of rotatable bonds is 5. The van der Waals surface area contributed by atoms with Crippen molar-refractivity contribution in [2.75, 3.05) is 37.0 Å². The Morgan fingerprint density at radius 1 is 1.06 bits per heavy atom. The van der Waals surface area contributed by atoms with Crippen molar-refractivity contribution in [2.45, 2.75) is 19.4 Å². The summed E-state index contributed by atoms with van der Waals surface area (Å²) in [5.41, 5.74) is 4.23. The van der Waals surface area contributed by atoms with Crippen molar-refractivity contribution in [3.05, 3.63) is 59.9 Å². The highest BCUT2D eigenvalue weighted by Gasteiger charge is 2.24. The van der Waals surface area contributed by atoms with E-state index in [0.29, 0.717) is 23.5 Å². The van der Waals surface area contributed by atoms with Crippen LogP contribution in [0.25, 0.3) is 22.1 Å². The number of carbonyl (C=O) groups is 1. The minimum Gasteiger partial charge on any atom is -0.450 e. The summed E-state index contributed by atoms with van der Waals surface area (Å²) in [7, 11) is 4.00. The summed E-state index contributed by atoms with van der Waals surface area (Å²) in [5, 5.41) is 3.86. The fourth-order valence-electron chi connectivity index (χ4n) is 3.99. The molecule has 7 nitrogen and oxygen atoms in total. The van der Waals surface area contributed by atoms with Crippen molar-refractivity contribution >= 4 is 39.5 Å². The second kappa shape index (κ2) is 7.91. The van der Waals surface area contributed by atoms with Gasteiger partial charge in [0.1, 0.15) is 11.1 Å². The topological polar surface area (TPSA) is 74.5 Å². The second-order valence-electron chi connectivity index (χ2n) is 8.08. The van der Waals surface area contributed by atoms with Gasteiger partial charge in [-0.05, 0) is 42.7 Å². The molecule has 3 heterocycles. The fraction of sp³-hybridized carbons (Fsp3) is 0.292. The summed E-state index contributed by atoms with van der Waals surface area (Å²) in [6, 6.07) is 15.9. The molecule has 1 aliphatic heterocycles. The molecule has 1 aliphatic rings. The van der Waals surface area contributed by atoms with Crippen LogP contribution in [0.4, 0.5) is 11.5 Å². The smallest absolute Gasteiger partial charge is 0.289 e. The molecule has 1 N–H and O–H groups in total. The van der Waals surface area contributed by atoms with Crippen LogP contribution in [0.5, 0.6) is 0 Å². The number of hydrogen-bond donors (Lipinski definition) is 1. The van der Waals surface area contributed by atoms with Gasteiger partial charge in [0.05, 0.1) is 0 Å². The maximum atomic E-state index is 13.0. The molecule has 1 fully saturated rings. The van der Waals surface area contributed by atoms with Gasteiger partial charge in [-0.15, -0.1) is 0 Å². The Morgan fingerprint density at radius 3 is 2.55 bits per heavy atom. The number of fused-ring (bicyclic) bond motifs is 3. The van der Waals surface area contributed by atoms with Gasteiger partial charge in [-0.3, -0.25) is 4.79 Å². The Morgan fingerprint density at radius 2 is 1.81 bits per heavy atom. The third-order valence-corrected chi connectivity index (χ3v) is 5.72. The summed E-state index contributed by atoms with van der Waals surface area (Å²) >= 11 is 0. The molecule has 158 valence electrons. The van der Waals surface area contributed by atoms with Gasteiger partial charge in [0.15, 0.2) is 11.4 Å². The predicted molar refractivity (Wildman–Crippen MR) is 123 cm³/mol. The lowest BCUT2D eigenvalue weighted by Gasteiger charge is -2.17. The van der Waals surface area contributed by atoms with Crippen molar-refractivity contribution in [2.24, 2.45) is 0 Å². The standard InChI is InChI=1S/C24H25N5O2/c1-28(2)17-11-9-16(10-12-17)15-25-24(30)22-26-20-18-7-3-4-8-19(18)31-21(20)23(27-22)29-13-5-6-14-29/h3-4,7-12H,5-6,13-15H2,1-2H3,(H,25,30). The highest BCUT2D eigenvalue weighted by molar-refractivity contribution is 6.07. The molecule has 5 rings (SSSR count). The van der Waals surface area contributed by atoms with Gasteiger partial charge in [-0.25, -0.2) is 9.97 Å². The molecule has 1 saturated heterocycles. The zero-order valence-corrected chi connectivity index (χ0v) is 17.8. The third-order valence-electron chi connectivity index (χ3n) is 5.72. The molecule has 31 heavy (non-hydrogen) atoms. The minimum atomic E-state index is -0.288. The van der Waals surface area contributed by atoms with E-state index >= 15 is 0 Å². The van der Waals surface area contributed by atoms with Gasteiger partial charge < -0.3 is 19.5 Å². The van der Waals surface area contributed by atoms with E-state index in [9.17, 15) is 4.79 Å². The Kier molecular flexibility index (Phi) is 4.94. The first-order valence-electron chi connectivity index (χ1n) is 10.6. The Balaban J connectivity index is 1.47. The molecule has 7 heteroatoms. The minimum absolute atomic E-state index is 0.172. The molecule has 1 amide bonds. The third kappa shape index (κ3) is 3.67. The predicted octanol–water partition coefficient (Wildman–Crippen LogP) is 3.97. The van der Waals surface area contributed by atoms with Crippen LogP contribution in [0.2, 0.25) is 0 Å². The monoisotopic (exact) mass is 415 g/mol. The van der Waals surface area contributed by atoms with E-state index in [1.54, 1.807) is 0 Å². The van der Waals surface area contributed by atoms with Crippen molar-refractivity contribution in [1.82, 2.24) is 15.3 Å². The quantitative estimate of drug-likeness (QED) is 0.532. The zero-order chi connectivity index (χ0) is 21.4. The summed E-state index contributed by atoms with van der Waals surface area (Å²) in [5.74, 6) is 0.592. The number of nitrogens with one attached hydrogen (secondary N) is 1. The number of aromatic nitrogens is 2. The van der Waals surface area contributed by atoms with Crippen LogP contribution in [0.3, 0.4) is 0 Å². The number of benzene rings is 2. The summed E-state index contributed by atoms with van der Waals surface area (Å²) in [6.07, 6.45) is 2.21. The van der Waals surface area contributed by atoms with E-state index < -0.39 is 0 Å². The van der Waals surface area contributed by atoms with E-state index in [-0.39, 0.29) is 11.7 Å². The number of carbonyl (C=O) groups excluding carboxylic acids is 1. The highest BCUT2D eigenvalue weighted by Crippen LogP contribution is 2.34. The van der Waals surface area contributed by atoms with Crippen molar-refractivity contribution in [3.63, 3.8) is 0 Å². The zero-order valence-electron chi connectivity index (χ0n) is 17.8. The average molecular weight is 415 g/mol. The van der Waals surface area contributed by atoms with Crippen LogP contribution in [0.1, 0.15) is 29.0 Å². The first-order chi connectivity index (χ1) is 15.1. The van der Waals surface area contributed by atoms with Crippen LogP contribution in [0, 0.1) is 0 Å². The molecule has 0 atom stereocenters. The van der Waals surface area contributed by atoms with Crippen LogP contribution in [0.15, 0.2) is 52.9 Å².